The van der Waals surface area contributed by atoms with Crippen molar-refractivity contribution in [1.29, 1.82) is 0 Å². The number of aliphatic hydroxyl groups is 1. The number of aromatic nitrogens is 1. The lowest BCUT2D eigenvalue weighted by atomic mass is 10.2. The number of nitrogens with zero attached hydrogens (tertiary/aromatic N) is 2. The number of halogens is 3. The number of ether oxygens (including phenoxy) is 1. The smallest absolute Gasteiger partial charge is 0.395 e. The minimum absolute atomic E-state index is 0.0107. The van der Waals surface area contributed by atoms with Crippen molar-refractivity contribution in [3.63, 3.8) is 0 Å². The molecule has 0 aromatic carbocycles. The molecule has 0 saturated heterocycles. The van der Waals surface area contributed by atoms with Gasteiger partial charge in [-0.3, -0.25) is 0 Å². The number of nitrogens with two attached hydrogens (primary N) is 1. The highest BCUT2D eigenvalue weighted by Crippen LogP contribution is 2.30. The van der Waals surface area contributed by atoms with E-state index in [1.54, 1.807) is 0 Å². The molecule has 0 unspecified atom stereocenters. The Morgan fingerprint density at radius 3 is 2.57 bits per heavy atom. The van der Waals surface area contributed by atoms with Gasteiger partial charge in [-0.2, -0.15) is 13.2 Å². The van der Waals surface area contributed by atoms with Crippen LogP contribution in [0.25, 0.3) is 0 Å². The van der Waals surface area contributed by atoms with Gasteiger partial charge in [-0.25, -0.2) is 4.98 Å². The van der Waals surface area contributed by atoms with Crippen molar-refractivity contribution in [3.8, 4) is 0 Å². The van der Waals surface area contributed by atoms with Gasteiger partial charge < -0.3 is 20.5 Å². The molecule has 1 heterocycles. The predicted molar refractivity (Wildman–Crippen MR) is 76.3 cm³/mol. The van der Waals surface area contributed by atoms with Crippen molar-refractivity contribution < 1.29 is 23.0 Å². The van der Waals surface area contributed by atoms with Crippen LogP contribution in [-0.4, -0.2) is 48.5 Å². The molecule has 0 radical (unpaired) electrons. The number of alkyl halides is 3. The topological polar surface area (TPSA) is 71.6 Å². The highest BCUT2D eigenvalue weighted by Gasteiger charge is 2.33. The van der Waals surface area contributed by atoms with Crippen LogP contribution in [0.4, 0.5) is 19.0 Å². The van der Waals surface area contributed by atoms with Crippen LogP contribution in [0, 0.1) is 0 Å². The maximum absolute atomic E-state index is 12.8. The van der Waals surface area contributed by atoms with Gasteiger partial charge in [0.15, 0.2) is 0 Å². The predicted octanol–water partition coefficient (Wildman–Crippen LogP) is 1.18. The van der Waals surface area contributed by atoms with Gasteiger partial charge in [-0.1, -0.05) is 12.2 Å². The Labute approximate surface area is 125 Å². The van der Waals surface area contributed by atoms with E-state index in [1.807, 2.05) is 0 Å². The Hall–Kier alpha value is -1.45. The number of hydrogen-bond donors (Lipinski definition) is 2. The average molecular weight is 323 g/mol. The zero-order valence-corrected chi connectivity index (χ0v) is 12.2. The van der Waals surface area contributed by atoms with E-state index in [4.69, 9.17) is 27.8 Å². The normalized spacial score (nSPS) is 11.5. The number of aliphatic hydroxyl groups excluding tert-OH is 1. The Bertz CT molecular complexity index is 497. The van der Waals surface area contributed by atoms with E-state index in [0.717, 1.165) is 6.07 Å². The van der Waals surface area contributed by atoms with Gasteiger partial charge >= 0.3 is 6.18 Å². The number of methoxy groups -OCH3 is 1. The molecule has 1 aromatic rings. The number of thiocarbonyl (C=S) groups is 1. The van der Waals surface area contributed by atoms with Crippen molar-refractivity contribution in [2.75, 3.05) is 38.3 Å². The third-order valence-electron chi connectivity index (χ3n) is 2.67. The molecule has 0 amide bonds. The maximum atomic E-state index is 12.8. The summed E-state index contributed by atoms with van der Waals surface area (Å²) in [6.45, 7) is 0.349. The number of pyridine rings is 1. The Morgan fingerprint density at radius 1 is 1.43 bits per heavy atom. The Morgan fingerprint density at radius 2 is 2.10 bits per heavy atom. The van der Waals surface area contributed by atoms with Crippen LogP contribution in [0.2, 0.25) is 0 Å². The van der Waals surface area contributed by atoms with E-state index >= 15 is 0 Å². The van der Waals surface area contributed by atoms with Crippen LogP contribution in [0.15, 0.2) is 12.1 Å². The van der Waals surface area contributed by atoms with E-state index in [2.05, 4.69) is 4.98 Å². The number of rotatable bonds is 7. The molecular formula is C12H16F3N3O2S. The molecule has 1 aromatic heterocycles. The zero-order chi connectivity index (χ0) is 16.0. The highest BCUT2D eigenvalue weighted by molar-refractivity contribution is 7.80. The van der Waals surface area contributed by atoms with Gasteiger partial charge in [0.25, 0.3) is 0 Å². The zero-order valence-electron chi connectivity index (χ0n) is 11.4. The third-order valence-corrected chi connectivity index (χ3v) is 2.89. The molecule has 5 nitrogen and oxygen atoms in total. The van der Waals surface area contributed by atoms with Crippen LogP contribution in [0.3, 0.4) is 0 Å². The van der Waals surface area contributed by atoms with Crippen LogP contribution in [-0.2, 0) is 10.9 Å². The molecule has 0 bridgehead atoms. The first-order valence-corrected chi connectivity index (χ1v) is 6.45. The molecule has 0 aliphatic rings. The molecule has 118 valence electrons. The summed E-state index contributed by atoms with van der Waals surface area (Å²) in [5.74, 6) is -0.0107. The molecule has 0 atom stereocenters. The first-order valence-electron chi connectivity index (χ1n) is 6.04. The standard InChI is InChI=1S/C12H16F3N3O2S/c1-20-7-5-18(4-6-19)11-8(10(16)21)2-3-9(17-11)12(13,14)15/h2-3,19H,4-7H2,1H3,(H2,16,21). The summed E-state index contributed by atoms with van der Waals surface area (Å²) in [4.78, 5) is 4.99. The first-order chi connectivity index (χ1) is 9.81. The fraction of sp³-hybridized carbons (Fsp3) is 0.500. The molecule has 0 aliphatic carbocycles. The second kappa shape index (κ2) is 7.53. The van der Waals surface area contributed by atoms with Crippen molar-refractivity contribution in [2.45, 2.75) is 6.18 Å². The molecule has 3 N–H and O–H groups in total. The van der Waals surface area contributed by atoms with Gasteiger partial charge in [0, 0.05) is 20.2 Å². The third kappa shape index (κ3) is 4.80. The van der Waals surface area contributed by atoms with E-state index in [9.17, 15) is 13.2 Å². The van der Waals surface area contributed by atoms with Crippen molar-refractivity contribution in [2.24, 2.45) is 5.73 Å². The first kappa shape index (κ1) is 17.6. The monoisotopic (exact) mass is 323 g/mol. The summed E-state index contributed by atoms with van der Waals surface area (Å²) in [6.07, 6.45) is -4.57. The van der Waals surface area contributed by atoms with Gasteiger partial charge in [-0.15, -0.1) is 0 Å². The molecule has 0 aliphatic heterocycles. The van der Waals surface area contributed by atoms with Gasteiger partial charge in [0.2, 0.25) is 0 Å². The highest BCUT2D eigenvalue weighted by atomic mass is 32.1. The van der Waals surface area contributed by atoms with Crippen LogP contribution < -0.4 is 10.6 Å². The maximum Gasteiger partial charge on any atom is 0.433 e. The molecule has 21 heavy (non-hydrogen) atoms. The number of anilines is 1. The quantitative estimate of drug-likeness (QED) is 0.734. The van der Waals surface area contributed by atoms with Crippen molar-refractivity contribution >= 4 is 23.0 Å². The van der Waals surface area contributed by atoms with Gasteiger partial charge in [0.05, 0.1) is 18.8 Å². The van der Waals surface area contributed by atoms with E-state index in [-0.39, 0.29) is 42.7 Å². The minimum atomic E-state index is -4.57. The van der Waals surface area contributed by atoms with Crippen molar-refractivity contribution in [3.05, 3.63) is 23.4 Å². The van der Waals surface area contributed by atoms with Crippen LogP contribution >= 0.6 is 12.2 Å². The lowest BCUT2D eigenvalue weighted by molar-refractivity contribution is -0.141. The van der Waals surface area contributed by atoms with E-state index < -0.39 is 11.9 Å². The summed E-state index contributed by atoms with van der Waals surface area (Å²) in [6, 6.07) is 2.01. The second-order valence-electron chi connectivity index (χ2n) is 4.13. The van der Waals surface area contributed by atoms with Gasteiger partial charge in [0.1, 0.15) is 16.5 Å². The molecule has 1 rings (SSSR count). The average Bonchev–Trinajstić information content (AvgIpc) is 2.41. The van der Waals surface area contributed by atoms with Gasteiger partial charge in [-0.05, 0) is 12.1 Å². The Balaban J connectivity index is 3.28. The molecule has 0 saturated carbocycles. The molecule has 9 heteroatoms. The largest absolute Gasteiger partial charge is 0.433 e. The lowest BCUT2D eigenvalue weighted by Gasteiger charge is -2.25. The van der Waals surface area contributed by atoms with Crippen LogP contribution in [0.1, 0.15) is 11.3 Å². The molecule has 0 spiro atoms. The molecule has 0 fully saturated rings. The molecular weight excluding hydrogens is 307 g/mol. The van der Waals surface area contributed by atoms with E-state index in [1.165, 1.54) is 18.1 Å². The fourth-order valence-electron chi connectivity index (χ4n) is 1.69. The second-order valence-corrected chi connectivity index (χ2v) is 4.57. The fourth-order valence-corrected chi connectivity index (χ4v) is 1.84. The summed E-state index contributed by atoms with van der Waals surface area (Å²) < 4.78 is 43.2. The Kier molecular flexibility index (Phi) is 6.31. The summed E-state index contributed by atoms with van der Waals surface area (Å²) in [5, 5.41) is 9.06. The van der Waals surface area contributed by atoms with Crippen LogP contribution in [0.5, 0.6) is 0 Å². The minimum Gasteiger partial charge on any atom is -0.395 e. The van der Waals surface area contributed by atoms with Crippen molar-refractivity contribution in [1.82, 2.24) is 4.98 Å². The SMILES string of the molecule is COCCN(CCO)c1nc(C(F)(F)F)ccc1C(N)=S. The van der Waals surface area contributed by atoms with E-state index in [0.29, 0.717) is 0 Å². The lowest BCUT2D eigenvalue weighted by Crippen LogP contribution is -2.33. The summed E-state index contributed by atoms with van der Waals surface area (Å²) >= 11 is 4.84. The number of hydrogen-bond acceptors (Lipinski definition) is 5. The summed E-state index contributed by atoms with van der Waals surface area (Å²) in [5.41, 5.74) is 4.71. The summed E-state index contributed by atoms with van der Waals surface area (Å²) in [7, 11) is 1.46.